The summed E-state index contributed by atoms with van der Waals surface area (Å²) in [4.78, 5) is 12.4. The van der Waals surface area contributed by atoms with Crippen LogP contribution in [0.2, 0.25) is 5.02 Å². The fourth-order valence-corrected chi connectivity index (χ4v) is 3.24. The summed E-state index contributed by atoms with van der Waals surface area (Å²) >= 11 is 7.19. The van der Waals surface area contributed by atoms with Crippen molar-refractivity contribution in [2.45, 2.75) is 11.8 Å². The zero-order valence-electron chi connectivity index (χ0n) is 14.9. The van der Waals surface area contributed by atoms with E-state index in [4.69, 9.17) is 21.1 Å². The maximum Gasteiger partial charge on any atom is 0.191 e. The summed E-state index contributed by atoms with van der Waals surface area (Å²) < 4.78 is 12.7. The number of thioether (sulfide) groups is 1. The van der Waals surface area contributed by atoms with Crippen molar-refractivity contribution in [1.29, 1.82) is 0 Å². The lowest BCUT2D eigenvalue weighted by molar-refractivity contribution is 0.102. The highest BCUT2D eigenvalue weighted by atomic mass is 35.5. The van der Waals surface area contributed by atoms with Crippen LogP contribution < -0.4 is 9.47 Å². The molecule has 0 radical (unpaired) electrons. The molecule has 0 aliphatic rings. The van der Waals surface area contributed by atoms with Crippen molar-refractivity contribution in [3.63, 3.8) is 0 Å². The average Bonchev–Trinajstić information content (AvgIpc) is 3.05. The summed E-state index contributed by atoms with van der Waals surface area (Å²) in [5.41, 5.74) is 0.607. The number of ether oxygens (including phenoxy) is 2. The molecular weight excluding hydrogens is 386 g/mol. The van der Waals surface area contributed by atoms with Gasteiger partial charge < -0.3 is 14.0 Å². The highest BCUT2D eigenvalue weighted by Gasteiger charge is 2.13. The molecule has 27 heavy (non-hydrogen) atoms. The van der Waals surface area contributed by atoms with Crippen LogP contribution in [-0.4, -0.2) is 33.4 Å². The highest BCUT2D eigenvalue weighted by Crippen LogP contribution is 2.21. The number of carbonyl (C=O) groups excluding carboxylic acids is 1. The Hall–Kier alpha value is -2.51. The van der Waals surface area contributed by atoms with E-state index in [0.717, 1.165) is 0 Å². The van der Waals surface area contributed by atoms with Gasteiger partial charge in [0.25, 0.3) is 0 Å². The number of aromatic nitrogens is 3. The van der Waals surface area contributed by atoms with Gasteiger partial charge in [-0.05, 0) is 36.4 Å². The van der Waals surface area contributed by atoms with Crippen LogP contribution in [0.5, 0.6) is 11.5 Å². The first-order valence-corrected chi connectivity index (χ1v) is 9.50. The number of nitrogens with zero attached hydrogens (tertiary/aromatic N) is 3. The molecular formula is C19H18ClN3O3S. The third-order valence-electron chi connectivity index (χ3n) is 3.83. The SMILES string of the molecule is COc1cccc(C(=O)CSc2nnc(COc3ccc(Cl)cc3)n2C)c1. The molecule has 6 nitrogen and oxygen atoms in total. The van der Waals surface area contributed by atoms with Crippen LogP contribution in [0.1, 0.15) is 16.2 Å². The normalized spacial score (nSPS) is 10.6. The van der Waals surface area contributed by atoms with Crippen molar-refractivity contribution < 1.29 is 14.3 Å². The van der Waals surface area contributed by atoms with Gasteiger partial charge in [-0.2, -0.15) is 0 Å². The summed E-state index contributed by atoms with van der Waals surface area (Å²) in [7, 11) is 3.42. The van der Waals surface area contributed by atoms with Crippen molar-refractivity contribution in [1.82, 2.24) is 14.8 Å². The topological polar surface area (TPSA) is 66.2 Å². The fourth-order valence-electron chi connectivity index (χ4n) is 2.29. The van der Waals surface area contributed by atoms with Crippen LogP contribution in [0.3, 0.4) is 0 Å². The Morgan fingerprint density at radius 3 is 2.67 bits per heavy atom. The molecule has 3 aromatic rings. The first-order chi connectivity index (χ1) is 13.1. The van der Waals surface area contributed by atoms with Crippen LogP contribution in [0, 0.1) is 0 Å². The van der Waals surface area contributed by atoms with Crippen molar-refractivity contribution in [2.75, 3.05) is 12.9 Å². The maximum atomic E-state index is 12.4. The number of hydrogen-bond acceptors (Lipinski definition) is 6. The Labute approximate surface area is 166 Å². The maximum absolute atomic E-state index is 12.4. The second-order valence-electron chi connectivity index (χ2n) is 5.64. The minimum absolute atomic E-state index is 0.000800. The molecule has 3 rings (SSSR count). The van der Waals surface area contributed by atoms with E-state index in [1.165, 1.54) is 11.8 Å². The molecule has 0 fully saturated rings. The Morgan fingerprint density at radius 1 is 1.15 bits per heavy atom. The monoisotopic (exact) mass is 403 g/mol. The molecule has 0 aliphatic heterocycles. The molecule has 2 aromatic carbocycles. The van der Waals surface area contributed by atoms with Crippen LogP contribution in [0.4, 0.5) is 0 Å². The van der Waals surface area contributed by atoms with Gasteiger partial charge in [0.1, 0.15) is 18.1 Å². The zero-order valence-corrected chi connectivity index (χ0v) is 16.5. The van der Waals surface area contributed by atoms with E-state index in [-0.39, 0.29) is 18.1 Å². The summed E-state index contributed by atoms with van der Waals surface area (Å²) in [5, 5.41) is 9.58. The number of carbonyl (C=O) groups is 1. The van der Waals surface area contributed by atoms with E-state index in [9.17, 15) is 4.79 Å². The summed E-state index contributed by atoms with van der Waals surface area (Å²) in [5.74, 6) is 2.29. The summed E-state index contributed by atoms with van der Waals surface area (Å²) in [6, 6.07) is 14.2. The van der Waals surface area contributed by atoms with Gasteiger partial charge in [-0.3, -0.25) is 4.79 Å². The number of halogens is 1. The molecule has 0 N–H and O–H groups in total. The van der Waals surface area contributed by atoms with Gasteiger partial charge in [0.05, 0.1) is 12.9 Å². The Balaban J connectivity index is 1.58. The lowest BCUT2D eigenvalue weighted by atomic mass is 10.1. The molecule has 0 bridgehead atoms. The number of benzene rings is 2. The van der Waals surface area contributed by atoms with E-state index in [0.29, 0.717) is 33.1 Å². The molecule has 0 spiro atoms. The zero-order chi connectivity index (χ0) is 19.2. The van der Waals surface area contributed by atoms with Gasteiger partial charge in [0, 0.05) is 17.6 Å². The average molecular weight is 404 g/mol. The standard InChI is InChI=1S/C19H18ClN3O3S/c1-23-18(11-26-15-8-6-14(20)7-9-15)21-22-19(23)27-12-17(24)13-4-3-5-16(10-13)25-2/h3-10H,11-12H2,1-2H3. The van der Waals surface area contributed by atoms with E-state index in [1.54, 1.807) is 55.6 Å². The van der Waals surface area contributed by atoms with Crippen LogP contribution >= 0.6 is 23.4 Å². The third-order valence-corrected chi connectivity index (χ3v) is 5.10. The van der Waals surface area contributed by atoms with Gasteiger partial charge in [-0.15, -0.1) is 10.2 Å². The molecule has 1 aromatic heterocycles. The largest absolute Gasteiger partial charge is 0.497 e. The smallest absolute Gasteiger partial charge is 0.191 e. The van der Waals surface area contributed by atoms with Crippen LogP contribution in [0.15, 0.2) is 53.7 Å². The molecule has 8 heteroatoms. The van der Waals surface area contributed by atoms with Crippen molar-refractivity contribution in [3.05, 3.63) is 64.9 Å². The molecule has 0 saturated carbocycles. The van der Waals surface area contributed by atoms with E-state index in [1.807, 2.05) is 11.6 Å². The number of hydrogen-bond donors (Lipinski definition) is 0. The van der Waals surface area contributed by atoms with Crippen molar-refractivity contribution in [2.24, 2.45) is 7.05 Å². The first-order valence-electron chi connectivity index (χ1n) is 8.13. The molecule has 140 valence electrons. The minimum Gasteiger partial charge on any atom is -0.497 e. The van der Waals surface area contributed by atoms with E-state index in [2.05, 4.69) is 10.2 Å². The van der Waals surface area contributed by atoms with E-state index >= 15 is 0 Å². The number of rotatable bonds is 8. The van der Waals surface area contributed by atoms with Crippen LogP contribution in [-0.2, 0) is 13.7 Å². The number of ketones is 1. The minimum atomic E-state index is 0.000800. The summed E-state index contributed by atoms with van der Waals surface area (Å²) in [6.45, 7) is 0.273. The highest BCUT2D eigenvalue weighted by molar-refractivity contribution is 7.99. The Morgan fingerprint density at radius 2 is 1.93 bits per heavy atom. The first kappa shape index (κ1) is 19.3. The second-order valence-corrected chi connectivity index (χ2v) is 7.02. The lowest BCUT2D eigenvalue weighted by Crippen LogP contribution is -2.06. The molecule has 0 unspecified atom stereocenters. The van der Waals surface area contributed by atoms with Gasteiger partial charge in [0.2, 0.25) is 0 Å². The van der Waals surface area contributed by atoms with Crippen LogP contribution in [0.25, 0.3) is 0 Å². The fraction of sp³-hybridized carbons (Fsp3) is 0.211. The van der Waals surface area contributed by atoms with E-state index < -0.39 is 0 Å². The predicted octanol–water partition coefficient (Wildman–Crippen LogP) is 4.03. The second kappa shape index (κ2) is 8.92. The van der Waals surface area contributed by atoms with Gasteiger partial charge in [-0.25, -0.2) is 0 Å². The number of Topliss-reactive ketones (excluding diaryl/α,β-unsaturated/α-hetero) is 1. The molecule has 1 heterocycles. The predicted molar refractivity (Wildman–Crippen MR) is 105 cm³/mol. The molecule has 0 atom stereocenters. The van der Waals surface area contributed by atoms with Gasteiger partial charge in [-0.1, -0.05) is 35.5 Å². The van der Waals surface area contributed by atoms with Gasteiger partial charge >= 0.3 is 0 Å². The molecule has 0 amide bonds. The lowest BCUT2D eigenvalue weighted by Gasteiger charge is -2.07. The van der Waals surface area contributed by atoms with Gasteiger partial charge in [0.15, 0.2) is 16.8 Å². The Kier molecular flexibility index (Phi) is 6.36. The van der Waals surface area contributed by atoms with Crippen molar-refractivity contribution >= 4 is 29.1 Å². The van der Waals surface area contributed by atoms with Crippen molar-refractivity contribution in [3.8, 4) is 11.5 Å². The summed E-state index contributed by atoms with van der Waals surface area (Å²) in [6.07, 6.45) is 0. The molecule has 0 saturated heterocycles. The quantitative estimate of drug-likeness (QED) is 0.418. The number of methoxy groups -OCH3 is 1. The third kappa shape index (κ3) is 5.02. The Bertz CT molecular complexity index is 928. The molecule has 0 aliphatic carbocycles.